The van der Waals surface area contributed by atoms with Gasteiger partial charge in [0, 0.05) is 12.2 Å². The van der Waals surface area contributed by atoms with Gasteiger partial charge in [-0.2, -0.15) is 0 Å². The van der Waals surface area contributed by atoms with E-state index in [0.29, 0.717) is 5.92 Å². The van der Waals surface area contributed by atoms with Crippen LogP contribution in [0, 0.1) is 5.92 Å². The van der Waals surface area contributed by atoms with Gasteiger partial charge in [0.2, 0.25) is 0 Å². The van der Waals surface area contributed by atoms with Crippen molar-refractivity contribution in [2.45, 2.75) is 26.8 Å². The summed E-state index contributed by atoms with van der Waals surface area (Å²) in [7, 11) is 0. The summed E-state index contributed by atoms with van der Waals surface area (Å²) in [5.74, 6) is 0.479. The Balaban J connectivity index is 1.91. The summed E-state index contributed by atoms with van der Waals surface area (Å²) in [5.41, 5.74) is 5.09. The molecular formula is C19H23N. The number of rotatable bonds is 6. The fraction of sp³-hybridized carbons (Fsp3) is 0.263. The topological polar surface area (TPSA) is 12.0 Å². The van der Waals surface area contributed by atoms with Gasteiger partial charge < -0.3 is 5.32 Å². The average Bonchev–Trinajstić information content (AvgIpc) is 2.47. The van der Waals surface area contributed by atoms with Crippen molar-refractivity contribution in [3.8, 4) is 0 Å². The summed E-state index contributed by atoms with van der Waals surface area (Å²) >= 11 is 0. The van der Waals surface area contributed by atoms with Crippen molar-refractivity contribution in [1.29, 1.82) is 0 Å². The highest BCUT2D eigenvalue weighted by molar-refractivity contribution is 5.28. The van der Waals surface area contributed by atoms with Gasteiger partial charge in [-0.15, -0.1) is 0 Å². The zero-order valence-corrected chi connectivity index (χ0v) is 12.4. The molecule has 0 unspecified atom stereocenters. The third kappa shape index (κ3) is 4.27. The number of benzene rings is 2. The summed E-state index contributed by atoms with van der Waals surface area (Å²) in [5, 5.41) is 3.37. The fourth-order valence-electron chi connectivity index (χ4n) is 2.03. The van der Waals surface area contributed by atoms with Crippen LogP contribution in [0.1, 0.15) is 30.5 Å². The third-order valence-corrected chi connectivity index (χ3v) is 3.49. The van der Waals surface area contributed by atoms with Crippen LogP contribution in [0.5, 0.6) is 0 Å². The van der Waals surface area contributed by atoms with Crippen LogP contribution in [0.25, 0.3) is 0 Å². The molecule has 0 heterocycles. The van der Waals surface area contributed by atoms with Crippen molar-refractivity contribution >= 4 is 0 Å². The van der Waals surface area contributed by atoms with Crippen molar-refractivity contribution < 1.29 is 0 Å². The van der Waals surface area contributed by atoms with Crippen molar-refractivity contribution in [2.24, 2.45) is 5.92 Å². The number of hydrogen-bond donors (Lipinski definition) is 1. The smallest absolute Gasteiger partial charge is 0.0397 e. The lowest BCUT2D eigenvalue weighted by Crippen LogP contribution is -2.15. The van der Waals surface area contributed by atoms with E-state index in [1.54, 1.807) is 0 Å². The first-order valence-electron chi connectivity index (χ1n) is 7.19. The van der Waals surface area contributed by atoms with E-state index in [2.05, 4.69) is 80.3 Å². The molecule has 20 heavy (non-hydrogen) atoms. The molecule has 0 aliphatic carbocycles. The van der Waals surface area contributed by atoms with Crippen molar-refractivity contribution in [3.63, 3.8) is 0 Å². The molecule has 1 nitrogen and oxygen atoms in total. The Labute approximate surface area is 122 Å². The molecule has 0 radical (unpaired) electrons. The first kappa shape index (κ1) is 14.4. The van der Waals surface area contributed by atoms with E-state index < -0.39 is 0 Å². The molecular weight excluding hydrogens is 242 g/mol. The second kappa shape index (κ2) is 6.95. The van der Waals surface area contributed by atoms with Gasteiger partial charge in [-0.05, 0) is 29.0 Å². The molecule has 0 saturated carbocycles. The molecule has 0 saturated heterocycles. The molecule has 0 aliphatic rings. The standard InChI is InChI=1S/C19H23N/c1-15(2)16(3)20-14-19-11-9-18(10-12-19)13-17-7-5-4-6-8-17/h4-12,15,20H,3,13-14H2,1-2H3. The van der Waals surface area contributed by atoms with Gasteiger partial charge in [0.15, 0.2) is 0 Å². The summed E-state index contributed by atoms with van der Waals surface area (Å²) < 4.78 is 0. The van der Waals surface area contributed by atoms with Gasteiger partial charge in [-0.3, -0.25) is 0 Å². The molecule has 0 atom stereocenters. The third-order valence-electron chi connectivity index (χ3n) is 3.49. The predicted molar refractivity (Wildman–Crippen MR) is 86.5 cm³/mol. The Morgan fingerprint density at radius 3 is 2.05 bits per heavy atom. The number of nitrogens with one attached hydrogen (secondary N) is 1. The van der Waals surface area contributed by atoms with E-state index in [1.165, 1.54) is 16.7 Å². The zero-order chi connectivity index (χ0) is 14.4. The number of hydrogen-bond acceptors (Lipinski definition) is 1. The predicted octanol–water partition coefficient (Wildman–Crippen LogP) is 4.54. The van der Waals surface area contributed by atoms with Crippen LogP contribution < -0.4 is 5.32 Å². The van der Waals surface area contributed by atoms with Gasteiger partial charge in [-0.1, -0.05) is 75.0 Å². The monoisotopic (exact) mass is 265 g/mol. The fourth-order valence-corrected chi connectivity index (χ4v) is 2.03. The van der Waals surface area contributed by atoms with E-state index in [1.807, 2.05) is 0 Å². The highest BCUT2D eigenvalue weighted by Crippen LogP contribution is 2.11. The molecule has 2 rings (SSSR count). The molecule has 2 aromatic carbocycles. The quantitative estimate of drug-likeness (QED) is 0.808. The SMILES string of the molecule is C=C(NCc1ccc(Cc2ccccc2)cc1)C(C)C. The van der Waals surface area contributed by atoms with Crippen LogP contribution in [0.2, 0.25) is 0 Å². The molecule has 0 aromatic heterocycles. The van der Waals surface area contributed by atoms with Gasteiger partial charge in [-0.25, -0.2) is 0 Å². The lowest BCUT2D eigenvalue weighted by Gasteiger charge is -2.13. The first-order valence-corrected chi connectivity index (χ1v) is 7.19. The van der Waals surface area contributed by atoms with E-state index >= 15 is 0 Å². The van der Waals surface area contributed by atoms with Gasteiger partial charge in [0.1, 0.15) is 0 Å². The summed E-state index contributed by atoms with van der Waals surface area (Å²) in [6, 6.07) is 19.4. The molecule has 0 bridgehead atoms. The molecule has 1 N–H and O–H groups in total. The maximum atomic E-state index is 4.03. The maximum Gasteiger partial charge on any atom is 0.0397 e. The van der Waals surface area contributed by atoms with Crippen LogP contribution in [0.15, 0.2) is 66.9 Å². The van der Waals surface area contributed by atoms with Crippen LogP contribution in [0.4, 0.5) is 0 Å². The highest BCUT2D eigenvalue weighted by Gasteiger charge is 2.00. The Morgan fingerprint density at radius 2 is 1.45 bits per heavy atom. The largest absolute Gasteiger partial charge is 0.385 e. The Bertz CT molecular complexity index is 538. The second-order valence-corrected chi connectivity index (χ2v) is 5.51. The molecule has 0 spiro atoms. The van der Waals surface area contributed by atoms with Gasteiger partial charge >= 0.3 is 0 Å². The van der Waals surface area contributed by atoms with Crippen molar-refractivity contribution in [1.82, 2.24) is 5.32 Å². The number of allylic oxidation sites excluding steroid dienone is 1. The minimum Gasteiger partial charge on any atom is -0.385 e. The zero-order valence-electron chi connectivity index (χ0n) is 12.4. The van der Waals surface area contributed by atoms with Crippen LogP contribution in [0.3, 0.4) is 0 Å². The molecule has 1 heteroatoms. The Hall–Kier alpha value is -2.02. The molecule has 2 aromatic rings. The normalized spacial score (nSPS) is 10.6. The van der Waals surface area contributed by atoms with E-state index in [0.717, 1.165) is 18.7 Å². The molecule has 0 amide bonds. The minimum atomic E-state index is 0.479. The Morgan fingerprint density at radius 1 is 0.900 bits per heavy atom. The van der Waals surface area contributed by atoms with Crippen molar-refractivity contribution in [3.05, 3.63) is 83.6 Å². The second-order valence-electron chi connectivity index (χ2n) is 5.51. The van der Waals surface area contributed by atoms with E-state index in [9.17, 15) is 0 Å². The maximum absolute atomic E-state index is 4.03. The summed E-state index contributed by atoms with van der Waals surface area (Å²) in [6.07, 6.45) is 0.993. The average molecular weight is 265 g/mol. The molecule has 0 aliphatic heterocycles. The van der Waals surface area contributed by atoms with E-state index in [4.69, 9.17) is 0 Å². The van der Waals surface area contributed by atoms with Crippen LogP contribution in [-0.4, -0.2) is 0 Å². The lowest BCUT2D eigenvalue weighted by molar-refractivity contribution is 0.656. The first-order chi connectivity index (χ1) is 9.65. The van der Waals surface area contributed by atoms with Crippen LogP contribution in [-0.2, 0) is 13.0 Å². The summed E-state index contributed by atoms with van der Waals surface area (Å²) in [4.78, 5) is 0. The minimum absolute atomic E-state index is 0.479. The van der Waals surface area contributed by atoms with Crippen LogP contribution >= 0.6 is 0 Å². The van der Waals surface area contributed by atoms with Crippen molar-refractivity contribution in [2.75, 3.05) is 0 Å². The molecule has 0 fully saturated rings. The Kier molecular flexibility index (Phi) is 5.00. The molecule has 104 valence electrons. The van der Waals surface area contributed by atoms with Gasteiger partial charge in [0.25, 0.3) is 0 Å². The van der Waals surface area contributed by atoms with E-state index in [-0.39, 0.29) is 0 Å². The lowest BCUT2D eigenvalue weighted by atomic mass is 10.0. The summed E-state index contributed by atoms with van der Waals surface area (Å²) in [6.45, 7) is 9.18. The highest BCUT2D eigenvalue weighted by atomic mass is 14.9. The van der Waals surface area contributed by atoms with Gasteiger partial charge in [0.05, 0.1) is 0 Å².